The van der Waals surface area contributed by atoms with Gasteiger partial charge in [-0.2, -0.15) is 0 Å². The van der Waals surface area contributed by atoms with Crippen molar-refractivity contribution in [3.8, 4) is 0 Å². The number of esters is 1. The zero-order valence-electron chi connectivity index (χ0n) is 13.4. The van der Waals surface area contributed by atoms with Gasteiger partial charge in [-0.15, -0.1) is 0 Å². The maximum absolute atomic E-state index is 11.9. The number of benzene rings is 1. The van der Waals surface area contributed by atoms with Crippen molar-refractivity contribution in [3.05, 3.63) is 29.8 Å². The van der Waals surface area contributed by atoms with Crippen LogP contribution >= 0.6 is 0 Å². The number of ether oxygens (including phenoxy) is 1. The molecule has 0 saturated carbocycles. The maximum atomic E-state index is 11.9. The first kappa shape index (κ1) is 19.3. The van der Waals surface area contributed by atoms with Gasteiger partial charge in [-0.1, -0.05) is 6.07 Å². The topological polar surface area (TPSA) is 136 Å². The van der Waals surface area contributed by atoms with Gasteiger partial charge in [-0.3, -0.25) is 4.79 Å². The lowest BCUT2D eigenvalue weighted by atomic mass is 10.2. The Morgan fingerprint density at radius 3 is 2.64 bits per heavy atom. The van der Waals surface area contributed by atoms with Crippen molar-refractivity contribution in [1.29, 1.82) is 0 Å². The van der Waals surface area contributed by atoms with E-state index in [1.165, 1.54) is 25.2 Å². The Hall–Kier alpha value is -1.98. The number of hydrogen-bond acceptors (Lipinski definition) is 7. The summed E-state index contributed by atoms with van der Waals surface area (Å²) >= 11 is 0. The van der Waals surface area contributed by atoms with E-state index in [9.17, 15) is 26.4 Å². The van der Waals surface area contributed by atoms with Gasteiger partial charge in [0.25, 0.3) is 5.91 Å². The molecule has 1 heterocycles. The molecule has 138 valence electrons. The van der Waals surface area contributed by atoms with Crippen LogP contribution in [-0.2, 0) is 29.4 Å². The van der Waals surface area contributed by atoms with Crippen LogP contribution in [0.4, 0.5) is 0 Å². The van der Waals surface area contributed by atoms with Crippen molar-refractivity contribution in [3.63, 3.8) is 0 Å². The van der Waals surface area contributed by atoms with E-state index in [0.29, 0.717) is 6.42 Å². The molecule has 1 aliphatic heterocycles. The Kier molecular flexibility index (Phi) is 5.80. The molecule has 2 N–H and O–H groups in total. The fraction of sp³-hybridized carbons (Fsp3) is 0.429. The van der Waals surface area contributed by atoms with Crippen LogP contribution in [0.3, 0.4) is 0 Å². The van der Waals surface area contributed by atoms with Crippen LogP contribution in [0.5, 0.6) is 0 Å². The number of amides is 1. The van der Waals surface area contributed by atoms with E-state index in [4.69, 9.17) is 4.74 Å². The average molecular weight is 390 g/mol. The zero-order chi connectivity index (χ0) is 18.7. The van der Waals surface area contributed by atoms with E-state index in [0.717, 1.165) is 6.07 Å². The highest BCUT2D eigenvalue weighted by Crippen LogP contribution is 2.13. The molecule has 25 heavy (non-hydrogen) atoms. The second kappa shape index (κ2) is 7.50. The number of carbonyl (C=O) groups excluding carboxylic acids is 2. The Labute approximate surface area is 145 Å². The van der Waals surface area contributed by atoms with E-state index in [-0.39, 0.29) is 22.0 Å². The van der Waals surface area contributed by atoms with Gasteiger partial charge in [0.2, 0.25) is 10.0 Å². The lowest BCUT2D eigenvalue weighted by Crippen LogP contribution is -2.38. The van der Waals surface area contributed by atoms with Crippen molar-refractivity contribution in [2.24, 2.45) is 0 Å². The molecule has 1 saturated heterocycles. The van der Waals surface area contributed by atoms with Crippen LogP contribution in [0.15, 0.2) is 29.2 Å². The van der Waals surface area contributed by atoms with Crippen molar-refractivity contribution in [2.75, 3.05) is 25.2 Å². The van der Waals surface area contributed by atoms with E-state index in [2.05, 4.69) is 10.0 Å². The first-order chi connectivity index (χ1) is 11.6. The number of sulfonamides is 1. The molecule has 1 fully saturated rings. The van der Waals surface area contributed by atoms with Gasteiger partial charge in [0.05, 0.1) is 22.0 Å². The summed E-state index contributed by atoms with van der Waals surface area (Å²) in [6.45, 7) is -0.585. The fourth-order valence-electron chi connectivity index (χ4n) is 2.30. The molecule has 0 bridgehead atoms. The van der Waals surface area contributed by atoms with Crippen LogP contribution in [0, 0.1) is 0 Å². The molecule has 1 atom stereocenters. The summed E-state index contributed by atoms with van der Waals surface area (Å²) in [5.74, 6) is -1.59. The van der Waals surface area contributed by atoms with E-state index in [1.807, 2.05) is 0 Å². The smallest absolute Gasteiger partial charge is 0.338 e. The summed E-state index contributed by atoms with van der Waals surface area (Å²) in [6.07, 6.45) is 0.325. The van der Waals surface area contributed by atoms with Crippen molar-refractivity contribution in [1.82, 2.24) is 10.0 Å². The van der Waals surface area contributed by atoms with Crippen LogP contribution in [0.2, 0.25) is 0 Å². The molecule has 1 aromatic carbocycles. The quantitative estimate of drug-likeness (QED) is 0.598. The second-order valence-electron chi connectivity index (χ2n) is 5.48. The molecule has 0 radical (unpaired) electrons. The van der Waals surface area contributed by atoms with Gasteiger partial charge in [-0.05, 0) is 31.7 Å². The average Bonchev–Trinajstić information content (AvgIpc) is 2.91. The molecule has 9 nitrogen and oxygen atoms in total. The van der Waals surface area contributed by atoms with Crippen LogP contribution in [-0.4, -0.2) is 59.9 Å². The summed E-state index contributed by atoms with van der Waals surface area (Å²) < 4.78 is 53.0. The van der Waals surface area contributed by atoms with E-state index in [1.54, 1.807) is 0 Å². The van der Waals surface area contributed by atoms with E-state index >= 15 is 0 Å². The minimum absolute atomic E-state index is 0.0183. The molecule has 0 unspecified atom stereocenters. The summed E-state index contributed by atoms with van der Waals surface area (Å²) in [5.41, 5.74) is -0.0208. The van der Waals surface area contributed by atoms with Crippen molar-refractivity contribution >= 4 is 31.7 Å². The molecular formula is C14H18N2O7S2. The molecule has 0 aromatic heterocycles. The number of rotatable bonds is 6. The number of sulfone groups is 1. The van der Waals surface area contributed by atoms with Crippen LogP contribution in [0.25, 0.3) is 0 Å². The first-order valence-electron chi connectivity index (χ1n) is 7.33. The molecule has 1 aromatic rings. The lowest BCUT2D eigenvalue weighted by Gasteiger charge is -2.11. The standard InChI is InChI=1S/C14H18N2O7S2/c1-15-25(21,22)12-4-2-3-10(7-12)14(18)23-8-13(17)16-11-5-6-24(19,20)9-11/h2-4,7,11,15H,5-6,8-9H2,1H3,(H,16,17)/t11-/m1/s1. The van der Waals surface area contributed by atoms with Crippen molar-refractivity contribution in [2.45, 2.75) is 17.4 Å². The third-order valence-electron chi connectivity index (χ3n) is 3.58. The number of hydrogen-bond donors (Lipinski definition) is 2. The van der Waals surface area contributed by atoms with Gasteiger partial charge in [-0.25, -0.2) is 26.4 Å². The predicted molar refractivity (Wildman–Crippen MR) is 88.2 cm³/mol. The second-order valence-corrected chi connectivity index (χ2v) is 9.59. The number of carbonyl (C=O) groups is 2. The first-order valence-corrected chi connectivity index (χ1v) is 10.6. The summed E-state index contributed by atoms with van der Waals surface area (Å²) in [7, 11) is -5.58. The molecule has 11 heteroatoms. The summed E-state index contributed by atoms with van der Waals surface area (Å²) in [4.78, 5) is 23.6. The molecule has 1 aliphatic rings. The third-order valence-corrected chi connectivity index (χ3v) is 6.76. The summed E-state index contributed by atoms with van der Waals surface area (Å²) in [6, 6.07) is 4.70. The highest BCUT2D eigenvalue weighted by atomic mass is 32.2. The van der Waals surface area contributed by atoms with Gasteiger partial charge in [0.1, 0.15) is 0 Å². The number of nitrogens with one attached hydrogen (secondary N) is 2. The summed E-state index contributed by atoms with van der Waals surface area (Å²) in [5, 5.41) is 2.48. The molecule has 0 spiro atoms. The van der Waals surface area contributed by atoms with E-state index < -0.39 is 44.4 Å². The lowest BCUT2D eigenvalue weighted by molar-refractivity contribution is -0.124. The Morgan fingerprint density at radius 2 is 2.04 bits per heavy atom. The molecular weight excluding hydrogens is 372 g/mol. The minimum Gasteiger partial charge on any atom is -0.452 e. The van der Waals surface area contributed by atoms with Gasteiger partial charge in [0, 0.05) is 6.04 Å². The Morgan fingerprint density at radius 1 is 1.32 bits per heavy atom. The third kappa shape index (κ3) is 5.25. The highest BCUT2D eigenvalue weighted by Gasteiger charge is 2.29. The zero-order valence-corrected chi connectivity index (χ0v) is 15.0. The van der Waals surface area contributed by atoms with Crippen LogP contribution < -0.4 is 10.0 Å². The highest BCUT2D eigenvalue weighted by molar-refractivity contribution is 7.91. The Bertz CT molecular complexity index is 878. The maximum Gasteiger partial charge on any atom is 0.338 e. The largest absolute Gasteiger partial charge is 0.452 e. The van der Waals surface area contributed by atoms with Crippen molar-refractivity contribution < 1.29 is 31.2 Å². The van der Waals surface area contributed by atoms with Gasteiger partial charge >= 0.3 is 5.97 Å². The molecule has 1 amide bonds. The Balaban J connectivity index is 1.92. The van der Waals surface area contributed by atoms with Gasteiger partial charge < -0.3 is 10.1 Å². The molecule has 0 aliphatic carbocycles. The minimum atomic E-state index is -3.71. The van der Waals surface area contributed by atoms with Gasteiger partial charge in [0.15, 0.2) is 16.4 Å². The fourth-order valence-corrected chi connectivity index (χ4v) is 4.75. The monoisotopic (exact) mass is 390 g/mol. The van der Waals surface area contributed by atoms with Crippen LogP contribution in [0.1, 0.15) is 16.8 Å². The molecule has 2 rings (SSSR count). The SMILES string of the molecule is CNS(=O)(=O)c1cccc(C(=O)OCC(=O)N[C@@H]2CCS(=O)(=O)C2)c1. The normalized spacial score (nSPS) is 19.3. The predicted octanol–water partition coefficient (Wildman–Crippen LogP) is -0.945.